The highest BCUT2D eigenvalue weighted by molar-refractivity contribution is 7.68. The number of aliphatic hydroxyl groups excluding tert-OH is 1. The Hall–Kier alpha value is -1.44. The number of aromatic amines is 1. The molecule has 218 valence electrons. The van der Waals surface area contributed by atoms with Gasteiger partial charge in [0.05, 0.1) is 32.6 Å². The van der Waals surface area contributed by atoms with Gasteiger partial charge in [0, 0.05) is 51.5 Å². The number of rotatable bonds is 8. The minimum absolute atomic E-state index is 0.0696. The van der Waals surface area contributed by atoms with Gasteiger partial charge in [-0.05, 0) is 6.92 Å². The molecule has 1 aromatic rings. The predicted molar refractivity (Wildman–Crippen MR) is 132 cm³/mol. The Morgan fingerprint density at radius 2 is 1.82 bits per heavy atom. The lowest BCUT2D eigenvalue weighted by molar-refractivity contribution is -0.218. The quantitative estimate of drug-likeness (QED) is 0.380. The Balaban J connectivity index is 0.000000358. The second kappa shape index (κ2) is 13.3. The van der Waals surface area contributed by atoms with Gasteiger partial charge in [0.15, 0.2) is 0 Å². The molecule has 3 rings (SSSR count). The molecule has 3 heterocycles. The normalized spacial score (nSPS) is 25.5. The van der Waals surface area contributed by atoms with Crippen LogP contribution in [0.2, 0.25) is 0 Å². The Morgan fingerprint density at radius 1 is 1.21 bits per heavy atom. The molecule has 0 amide bonds. The largest absolute Gasteiger partial charge is 0.766 e. The Bertz CT molecular complexity index is 1240. The Labute approximate surface area is 218 Å². The summed E-state index contributed by atoms with van der Waals surface area (Å²) in [6, 6.07) is 0. The molecule has 19 heteroatoms. The van der Waals surface area contributed by atoms with Crippen LogP contribution in [0.3, 0.4) is 0 Å². The summed E-state index contributed by atoms with van der Waals surface area (Å²) in [5.41, 5.74) is -0.844. The van der Waals surface area contributed by atoms with Gasteiger partial charge in [-0.1, -0.05) is 0 Å². The molecular formula is C19H33N3O13P3-. The molecule has 0 aliphatic carbocycles. The van der Waals surface area contributed by atoms with E-state index in [0.29, 0.717) is 18.8 Å². The molecule has 0 spiro atoms. The van der Waals surface area contributed by atoms with Crippen LogP contribution in [0.1, 0.15) is 25.1 Å². The Kier molecular flexibility index (Phi) is 11.4. The van der Waals surface area contributed by atoms with Crippen LogP contribution in [0.5, 0.6) is 0 Å². The van der Waals surface area contributed by atoms with Gasteiger partial charge in [-0.3, -0.25) is 28.3 Å². The average Bonchev–Trinajstić information content (AvgIpc) is 3.13. The van der Waals surface area contributed by atoms with Crippen molar-refractivity contribution in [1.82, 2.24) is 14.2 Å². The van der Waals surface area contributed by atoms with Crippen molar-refractivity contribution in [1.29, 1.82) is 0 Å². The van der Waals surface area contributed by atoms with E-state index in [4.69, 9.17) is 14.0 Å². The van der Waals surface area contributed by atoms with Gasteiger partial charge < -0.3 is 28.5 Å². The van der Waals surface area contributed by atoms with Crippen molar-refractivity contribution in [3.8, 4) is 0 Å². The van der Waals surface area contributed by atoms with E-state index in [-0.39, 0.29) is 26.1 Å². The molecule has 2 N–H and O–H groups in total. The standard InChI is InChI=1S/C14H22N3O8P.C5H12O5P2/c1-9-7-17(14(20)15-13(9)19)12-6-10(18)11(25-12)8-24-26(21,22)16-2-4-23-5-3-16;1-5(6)9-12(4,8)10-11(2,3)7/h7,10-12,18H,2-6,8H2,1H3,(H,21,22)(H,15,19,20);1-4H3/p-1/t10?,11-,12-;/m1./s1. The molecule has 2 aliphatic rings. The van der Waals surface area contributed by atoms with Gasteiger partial charge in [-0.2, -0.15) is 0 Å². The molecule has 38 heavy (non-hydrogen) atoms. The van der Waals surface area contributed by atoms with Crippen molar-refractivity contribution in [2.24, 2.45) is 0 Å². The highest BCUT2D eigenvalue weighted by Gasteiger charge is 2.37. The summed E-state index contributed by atoms with van der Waals surface area (Å²) in [5.74, 6) is -0.714. The molecule has 0 bridgehead atoms. The molecule has 2 fully saturated rings. The summed E-state index contributed by atoms with van der Waals surface area (Å²) in [4.78, 5) is 48.1. The second-order valence-electron chi connectivity index (χ2n) is 8.93. The first-order valence-electron chi connectivity index (χ1n) is 11.4. The summed E-state index contributed by atoms with van der Waals surface area (Å²) in [7, 11) is -10.6. The topological polar surface area (TPSA) is 216 Å². The first kappa shape index (κ1) is 32.8. The van der Waals surface area contributed by atoms with E-state index in [2.05, 4.69) is 13.8 Å². The molecule has 5 atom stereocenters. The number of aromatic nitrogens is 2. The van der Waals surface area contributed by atoms with E-state index in [1.165, 1.54) is 35.7 Å². The number of nitrogens with zero attached hydrogens (tertiary/aromatic N) is 2. The first-order valence-corrected chi connectivity index (χ1v) is 17.4. The lowest BCUT2D eigenvalue weighted by Gasteiger charge is -2.37. The van der Waals surface area contributed by atoms with Crippen molar-refractivity contribution in [2.75, 3.05) is 52.9 Å². The van der Waals surface area contributed by atoms with Crippen LogP contribution in [0, 0.1) is 6.92 Å². The van der Waals surface area contributed by atoms with Gasteiger partial charge in [-0.25, -0.2) is 18.3 Å². The molecule has 0 saturated carbocycles. The average molecular weight is 604 g/mol. The number of carbonyl (C=O) groups is 1. The molecule has 2 aliphatic heterocycles. The summed E-state index contributed by atoms with van der Waals surface area (Å²) in [6.45, 7) is 7.00. The van der Waals surface area contributed by atoms with Crippen molar-refractivity contribution in [3.63, 3.8) is 0 Å². The smallest absolute Gasteiger partial charge is 0.383 e. The molecule has 2 saturated heterocycles. The summed E-state index contributed by atoms with van der Waals surface area (Å²) >= 11 is 0. The molecular weight excluding hydrogens is 571 g/mol. The predicted octanol–water partition coefficient (Wildman–Crippen LogP) is 0.237. The number of hydrogen-bond acceptors (Lipinski definition) is 13. The fourth-order valence-electron chi connectivity index (χ4n) is 3.49. The van der Waals surface area contributed by atoms with Crippen molar-refractivity contribution in [2.45, 2.75) is 38.7 Å². The van der Waals surface area contributed by atoms with Crippen LogP contribution >= 0.6 is 22.7 Å². The molecule has 16 nitrogen and oxygen atoms in total. The second-order valence-corrected chi connectivity index (χ2v) is 15.6. The Morgan fingerprint density at radius 3 is 2.37 bits per heavy atom. The zero-order valence-electron chi connectivity index (χ0n) is 21.6. The third kappa shape index (κ3) is 10.3. The summed E-state index contributed by atoms with van der Waals surface area (Å²) in [5, 5.41) is 10.1. The maximum Gasteiger partial charge on any atom is 0.383 e. The number of nitrogens with one attached hydrogen (secondary N) is 1. The van der Waals surface area contributed by atoms with Crippen LogP contribution in [0.4, 0.5) is 0 Å². The fraction of sp³-hybridized carbons (Fsp3) is 0.737. The molecule has 3 unspecified atom stereocenters. The maximum atomic E-state index is 12.2. The van der Waals surface area contributed by atoms with E-state index in [1.54, 1.807) is 0 Å². The van der Waals surface area contributed by atoms with Crippen LogP contribution in [0.25, 0.3) is 0 Å². The van der Waals surface area contributed by atoms with Gasteiger partial charge in [0.1, 0.15) is 12.3 Å². The highest BCUT2D eigenvalue weighted by Crippen LogP contribution is 2.58. The zero-order valence-corrected chi connectivity index (χ0v) is 24.3. The van der Waals surface area contributed by atoms with E-state index in [1.807, 2.05) is 0 Å². The van der Waals surface area contributed by atoms with E-state index >= 15 is 0 Å². The van der Waals surface area contributed by atoms with E-state index < -0.39 is 58.4 Å². The number of ether oxygens (including phenoxy) is 2. The van der Waals surface area contributed by atoms with Gasteiger partial charge >= 0.3 is 19.3 Å². The highest BCUT2D eigenvalue weighted by atomic mass is 31.3. The minimum Gasteiger partial charge on any atom is -0.766 e. The molecule has 1 aromatic heterocycles. The van der Waals surface area contributed by atoms with Crippen LogP contribution in [-0.2, 0) is 41.3 Å². The lowest BCUT2D eigenvalue weighted by atomic mass is 10.2. The third-order valence-electron chi connectivity index (χ3n) is 5.04. The number of carbonyl (C=O) groups excluding carboxylic acids is 1. The van der Waals surface area contributed by atoms with Crippen molar-refractivity contribution >= 4 is 28.7 Å². The van der Waals surface area contributed by atoms with Crippen LogP contribution in [-0.4, -0.2) is 90.4 Å². The first-order chi connectivity index (χ1) is 17.4. The number of H-pyrrole nitrogens is 1. The van der Waals surface area contributed by atoms with Crippen molar-refractivity contribution in [3.05, 3.63) is 32.6 Å². The monoisotopic (exact) mass is 604 g/mol. The van der Waals surface area contributed by atoms with E-state index in [9.17, 15) is 38.1 Å². The van der Waals surface area contributed by atoms with Crippen LogP contribution < -0.4 is 16.1 Å². The van der Waals surface area contributed by atoms with E-state index in [0.717, 1.165) is 13.6 Å². The molecule has 0 radical (unpaired) electrons. The van der Waals surface area contributed by atoms with Gasteiger partial charge in [-0.15, -0.1) is 0 Å². The SMILES string of the molecule is CC(=O)OP(C)(=O)OP(C)(C)=O.Cc1cn([C@H]2CC(O)[C@@H](COP(=O)([O-])N3CCOCC3)O2)c(=O)[nH]c1=O. The number of hydrogen-bond donors (Lipinski definition) is 2. The minimum atomic E-state index is -4.27. The van der Waals surface area contributed by atoms with Gasteiger partial charge in [0.2, 0.25) is 15.1 Å². The van der Waals surface area contributed by atoms with Gasteiger partial charge in [0.25, 0.3) is 5.56 Å². The lowest BCUT2D eigenvalue weighted by Crippen LogP contribution is -2.39. The zero-order chi connectivity index (χ0) is 28.9. The maximum absolute atomic E-state index is 12.2. The summed E-state index contributed by atoms with van der Waals surface area (Å²) in [6.07, 6.45) is -1.34. The number of morpholine rings is 1. The molecule has 0 aromatic carbocycles. The number of aliphatic hydroxyl groups is 1. The number of aryl methyl sites for hydroxylation is 1. The fourth-order valence-corrected chi connectivity index (χ4v) is 8.10. The van der Waals surface area contributed by atoms with Crippen LogP contribution in [0.15, 0.2) is 15.8 Å². The summed E-state index contributed by atoms with van der Waals surface area (Å²) < 4.78 is 61.4. The third-order valence-corrected chi connectivity index (χ3v) is 9.95. The van der Waals surface area contributed by atoms with Crippen molar-refractivity contribution < 1.29 is 51.3 Å².